The highest BCUT2D eigenvalue weighted by atomic mass is 32.2. The van der Waals surface area contributed by atoms with E-state index >= 15 is 0 Å². The molecule has 0 saturated heterocycles. The average molecular weight is 373 g/mol. The standard InChI is InChI=1S/C17H18F3NO3S/c1-11-7-15(24-3)8-12(2)16(11)25(22,23)21-10-13-5-4-6-14(9-13)17(18,19)20/h4-9,21H,10H2,1-3H3. The highest BCUT2D eigenvalue weighted by Crippen LogP contribution is 2.30. The predicted octanol–water partition coefficient (Wildman–Crippen LogP) is 3.81. The van der Waals surface area contributed by atoms with Crippen molar-refractivity contribution >= 4 is 10.0 Å². The van der Waals surface area contributed by atoms with Crippen LogP contribution in [0.2, 0.25) is 0 Å². The third kappa shape index (κ3) is 4.52. The van der Waals surface area contributed by atoms with Gasteiger partial charge in [0.05, 0.1) is 17.6 Å². The van der Waals surface area contributed by atoms with E-state index in [1.807, 2.05) is 0 Å². The highest BCUT2D eigenvalue weighted by Gasteiger charge is 2.30. The van der Waals surface area contributed by atoms with Gasteiger partial charge < -0.3 is 4.74 Å². The second kappa shape index (κ2) is 7.05. The average Bonchev–Trinajstić information content (AvgIpc) is 2.51. The molecule has 0 aliphatic rings. The number of hydrogen-bond acceptors (Lipinski definition) is 3. The quantitative estimate of drug-likeness (QED) is 0.867. The van der Waals surface area contributed by atoms with Crippen molar-refractivity contribution in [2.45, 2.75) is 31.5 Å². The smallest absolute Gasteiger partial charge is 0.416 e. The van der Waals surface area contributed by atoms with E-state index in [1.54, 1.807) is 26.0 Å². The number of ether oxygens (including phenoxy) is 1. The van der Waals surface area contributed by atoms with Gasteiger partial charge in [-0.3, -0.25) is 0 Å². The first-order chi connectivity index (χ1) is 11.5. The van der Waals surface area contributed by atoms with Crippen molar-refractivity contribution in [1.29, 1.82) is 0 Å². The Morgan fingerprint density at radius 2 is 1.68 bits per heavy atom. The molecule has 0 spiro atoms. The molecule has 136 valence electrons. The van der Waals surface area contributed by atoms with Crippen LogP contribution < -0.4 is 9.46 Å². The molecule has 0 aliphatic carbocycles. The third-order valence-electron chi connectivity index (χ3n) is 3.66. The zero-order valence-electron chi connectivity index (χ0n) is 13.9. The molecule has 0 saturated carbocycles. The molecule has 1 N–H and O–H groups in total. The van der Waals surface area contributed by atoms with Gasteiger partial charge in [-0.1, -0.05) is 18.2 Å². The molecular weight excluding hydrogens is 355 g/mol. The maximum atomic E-state index is 12.7. The number of rotatable bonds is 5. The van der Waals surface area contributed by atoms with Gasteiger partial charge in [0.2, 0.25) is 10.0 Å². The molecule has 0 amide bonds. The molecule has 0 fully saturated rings. The van der Waals surface area contributed by atoms with Crippen LogP contribution in [0, 0.1) is 13.8 Å². The number of methoxy groups -OCH3 is 1. The first-order valence-corrected chi connectivity index (χ1v) is 8.84. The molecule has 0 radical (unpaired) electrons. The fraction of sp³-hybridized carbons (Fsp3) is 0.294. The van der Waals surface area contributed by atoms with Crippen LogP contribution in [0.3, 0.4) is 0 Å². The SMILES string of the molecule is COc1cc(C)c(S(=O)(=O)NCc2cccc(C(F)(F)F)c2)c(C)c1. The summed E-state index contributed by atoms with van der Waals surface area (Å²) in [5.74, 6) is 0.534. The summed E-state index contributed by atoms with van der Waals surface area (Å²) in [6.45, 7) is 3.03. The largest absolute Gasteiger partial charge is 0.497 e. The normalized spacial score (nSPS) is 12.2. The van der Waals surface area contributed by atoms with E-state index in [0.717, 1.165) is 12.1 Å². The van der Waals surface area contributed by atoms with Crippen LogP contribution in [0.25, 0.3) is 0 Å². The lowest BCUT2D eigenvalue weighted by Gasteiger charge is -2.14. The molecule has 0 aliphatic heterocycles. The Hall–Kier alpha value is -2.06. The summed E-state index contributed by atoms with van der Waals surface area (Å²) in [6.07, 6.45) is -4.47. The summed E-state index contributed by atoms with van der Waals surface area (Å²) in [6, 6.07) is 7.73. The minimum absolute atomic E-state index is 0.0975. The van der Waals surface area contributed by atoms with E-state index in [1.165, 1.54) is 19.2 Å². The van der Waals surface area contributed by atoms with Crippen LogP contribution >= 0.6 is 0 Å². The van der Waals surface area contributed by atoms with Gasteiger partial charge in [-0.25, -0.2) is 13.1 Å². The van der Waals surface area contributed by atoms with E-state index in [-0.39, 0.29) is 17.0 Å². The summed E-state index contributed by atoms with van der Waals surface area (Å²) < 4.78 is 70.8. The number of alkyl halides is 3. The predicted molar refractivity (Wildman–Crippen MR) is 87.9 cm³/mol. The van der Waals surface area contributed by atoms with Gasteiger partial charge in [-0.05, 0) is 48.7 Å². The minimum atomic E-state index is -4.47. The van der Waals surface area contributed by atoms with E-state index in [4.69, 9.17) is 4.74 Å². The molecule has 0 heterocycles. The van der Waals surface area contributed by atoms with Crippen molar-refractivity contribution in [2.75, 3.05) is 7.11 Å². The third-order valence-corrected chi connectivity index (χ3v) is 5.36. The molecule has 2 aromatic rings. The van der Waals surface area contributed by atoms with Crippen molar-refractivity contribution in [1.82, 2.24) is 4.72 Å². The Kier molecular flexibility index (Phi) is 5.43. The van der Waals surface area contributed by atoms with Crippen molar-refractivity contribution < 1.29 is 26.3 Å². The zero-order chi connectivity index (χ0) is 18.8. The molecule has 0 atom stereocenters. The Morgan fingerprint density at radius 1 is 1.08 bits per heavy atom. The fourth-order valence-corrected chi connectivity index (χ4v) is 4.03. The van der Waals surface area contributed by atoms with Crippen LogP contribution in [0.15, 0.2) is 41.3 Å². The maximum absolute atomic E-state index is 12.7. The van der Waals surface area contributed by atoms with E-state index in [0.29, 0.717) is 16.9 Å². The van der Waals surface area contributed by atoms with Gasteiger partial charge in [-0.15, -0.1) is 0 Å². The molecule has 8 heteroatoms. The van der Waals surface area contributed by atoms with Crippen LogP contribution in [-0.2, 0) is 22.7 Å². The maximum Gasteiger partial charge on any atom is 0.416 e. The molecule has 0 unspecified atom stereocenters. The number of sulfonamides is 1. The van der Waals surface area contributed by atoms with Crippen LogP contribution in [0.1, 0.15) is 22.3 Å². The zero-order valence-corrected chi connectivity index (χ0v) is 14.8. The monoisotopic (exact) mass is 373 g/mol. The second-order valence-corrected chi connectivity index (χ2v) is 7.32. The van der Waals surface area contributed by atoms with Crippen molar-refractivity contribution in [3.63, 3.8) is 0 Å². The Bertz CT molecular complexity index is 854. The number of nitrogens with one attached hydrogen (secondary N) is 1. The Labute approximate surface area is 144 Å². The van der Waals surface area contributed by atoms with Gasteiger partial charge >= 0.3 is 6.18 Å². The number of hydrogen-bond donors (Lipinski definition) is 1. The molecule has 0 bridgehead atoms. The Morgan fingerprint density at radius 3 is 2.20 bits per heavy atom. The van der Waals surface area contributed by atoms with E-state index in [9.17, 15) is 21.6 Å². The lowest BCUT2D eigenvalue weighted by Crippen LogP contribution is -2.25. The number of benzene rings is 2. The van der Waals surface area contributed by atoms with Gasteiger partial charge in [0.15, 0.2) is 0 Å². The van der Waals surface area contributed by atoms with E-state index in [2.05, 4.69) is 4.72 Å². The summed E-state index contributed by atoms with van der Waals surface area (Å²) in [5, 5.41) is 0. The summed E-state index contributed by atoms with van der Waals surface area (Å²) in [5.41, 5.74) is 0.394. The Balaban J connectivity index is 2.26. The molecule has 2 aromatic carbocycles. The minimum Gasteiger partial charge on any atom is -0.497 e. The summed E-state index contributed by atoms with van der Waals surface area (Å²) in [4.78, 5) is 0.0975. The first-order valence-electron chi connectivity index (χ1n) is 7.35. The summed E-state index contributed by atoms with van der Waals surface area (Å²) in [7, 11) is -2.40. The van der Waals surface area contributed by atoms with Crippen LogP contribution in [0.5, 0.6) is 5.75 Å². The molecule has 2 rings (SSSR count). The topological polar surface area (TPSA) is 55.4 Å². The molecular formula is C17H18F3NO3S. The second-order valence-electron chi connectivity index (χ2n) is 5.61. The lowest BCUT2D eigenvalue weighted by atomic mass is 10.1. The molecule has 4 nitrogen and oxygen atoms in total. The molecule has 25 heavy (non-hydrogen) atoms. The van der Waals surface area contributed by atoms with Crippen molar-refractivity contribution in [3.8, 4) is 5.75 Å². The van der Waals surface area contributed by atoms with Crippen LogP contribution in [-0.4, -0.2) is 15.5 Å². The van der Waals surface area contributed by atoms with Gasteiger partial charge in [0.1, 0.15) is 5.75 Å². The lowest BCUT2D eigenvalue weighted by molar-refractivity contribution is -0.137. The van der Waals surface area contributed by atoms with Crippen LogP contribution in [0.4, 0.5) is 13.2 Å². The molecule has 0 aromatic heterocycles. The van der Waals surface area contributed by atoms with Gasteiger partial charge in [0.25, 0.3) is 0 Å². The van der Waals surface area contributed by atoms with Gasteiger partial charge in [-0.2, -0.15) is 13.2 Å². The highest BCUT2D eigenvalue weighted by molar-refractivity contribution is 7.89. The number of aryl methyl sites for hydroxylation is 2. The van der Waals surface area contributed by atoms with E-state index < -0.39 is 21.8 Å². The van der Waals surface area contributed by atoms with Crippen molar-refractivity contribution in [2.24, 2.45) is 0 Å². The van der Waals surface area contributed by atoms with Crippen molar-refractivity contribution in [3.05, 3.63) is 58.7 Å². The van der Waals surface area contributed by atoms with Gasteiger partial charge in [0, 0.05) is 6.54 Å². The number of halogens is 3. The summed E-state index contributed by atoms with van der Waals surface area (Å²) >= 11 is 0. The first kappa shape index (κ1) is 19.3. The fourth-order valence-electron chi connectivity index (χ4n) is 2.56.